The van der Waals surface area contributed by atoms with Crippen LogP contribution in [0.4, 0.5) is 35.1 Å². The zero-order valence-electron chi connectivity index (χ0n) is 15.1. The highest BCUT2D eigenvalue weighted by Gasteiger charge is 2.62. The molecule has 158 valence electrons. The minimum absolute atomic E-state index is 0.223. The second kappa shape index (κ2) is 7.69. The fraction of sp³-hybridized carbons (Fsp3) is 0.421. The van der Waals surface area contributed by atoms with Gasteiger partial charge in [-0.15, -0.1) is 12.3 Å². The van der Waals surface area contributed by atoms with Crippen molar-refractivity contribution in [2.45, 2.75) is 33.1 Å². The molecular weight excluding hydrogens is 412 g/mol. The van der Waals surface area contributed by atoms with Crippen LogP contribution >= 0.6 is 0 Å². The van der Waals surface area contributed by atoms with Crippen molar-refractivity contribution in [1.82, 2.24) is 0 Å². The van der Waals surface area contributed by atoms with E-state index < -0.39 is 82.6 Å². The first-order valence-corrected chi connectivity index (χ1v) is 8.13. The molecule has 10 heteroatoms. The van der Waals surface area contributed by atoms with E-state index in [0.29, 0.717) is 0 Å². The smallest absolute Gasteiger partial charge is 0.442 e. The minimum atomic E-state index is -5.23. The molecule has 0 radical (unpaired) electrons. The Morgan fingerprint density at radius 2 is 1.59 bits per heavy atom. The summed E-state index contributed by atoms with van der Waals surface area (Å²) in [5, 5.41) is 0. The number of halogens is 8. The highest BCUT2D eigenvalue weighted by molar-refractivity contribution is 5.78. The number of hydrogen-bond acceptors (Lipinski definition) is 2. The Hall–Kier alpha value is -2.57. The zero-order valence-corrected chi connectivity index (χ0v) is 15.1. The summed E-state index contributed by atoms with van der Waals surface area (Å²) in [5.74, 6) is -11.3. The molecule has 2 rings (SSSR count). The minimum Gasteiger partial charge on any atom is -0.460 e. The van der Waals surface area contributed by atoms with Crippen molar-refractivity contribution < 1.29 is 44.7 Å². The van der Waals surface area contributed by atoms with Crippen LogP contribution in [0.25, 0.3) is 0 Å². The number of alkyl halides is 3. The van der Waals surface area contributed by atoms with E-state index in [2.05, 4.69) is 4.74 Å². The summed E-state index contributed by atoms with van der Waals surface area (Å²) in [6, 6.07) is 0. The largest absolute Gasteiger partial charge is 0.460 e. The SMILES string of the molecule is C#CCc1c(F)c(F)c(COC(=O)[C@H]2[C@H](C=C(F)C(F)(F)F)C2(C)C)c(F)c1F. The third kappa shape index (κ3) is 4.23. The monoisotopic (exact) mass is 426 g/mol. The Bertz CT molecular complexity index is 879. The number of rotatable bonds is 5. The van der Waals surface area contributed by atoms with E-state index in [-0.39, 0.29) is 6.08 Å². The third-order valence-electron chi connectivity index (χ3n) is 4.84. The molecule has 1 saturated carbocycles. The van der Waals surface area contributed by atoms with Crippen LogP contribution in [0.1, 0.15) is 25.0 Å². The highest BCUT2D eigenvalue weighted by atomic mass is 19.4. The molecule has 1 aliphatic carbocycles. The van der Waals surface area contributed by atoms with Crippen LogP contribution in [0.3, 0.4) is 0 Å². The number of allylic oxidation sites excluding steroid dienone is 2. The first-order valence-electron chi connectivity index (χ1n) is 8.13. The van der Waals surface area contributed by atoms with Gasteiger partial charge in [-0.3, -0.25) is 4.79 Å². The van der Waals surface area contributed by atoms with Gasteiger partial charge in [0.05, 0.1) is 11.5 Å². The number of carbonyl (C=O) groups excluding carboxylic acids is 1. The van der Waals surface area contributed by atoms with Gasteiger partial charge >= 0.3 is 12.1 Å². The van der Waals surface area contributed by atoms with Crippen LogP contribution in [-0.2, 0) is 22.6 Å². The van der Waals surface area contributed by atoms with Gasteiger partial charge in [0.15, 0.2) is 29.1 Å². The molecule has 1 aromatic carbocycles. The molecule has 0 aromatic heterocycles. The number of carbonyl (C=O) groups is 1. The average molecular weight is 426 g/mol. The van der Waals surface area contributed by atoms with Gasteiger partial charge in [0.2, 0.25) is 0 Å². The summed E-state index contributed by atoms with van der Waals surface area (Å²) in [6.45, 7) is 1.50. The van der Waals surface area contributed by atoms with E-state index in [1.807, 2.05) is 5.92 Å². The Labute approximate surface area is 160 Å². The third-order valence-corrected chi connectivity index (χ3v) is 4.84. The van der Waals surface area contributed by atoms with Gasteiger partial charge in [-0.2, -0.15) is 13.2 Å². The maximum absolute atomic E-state index is 14.0. The molecule has 0 unspecified atom stereocenters. The maximum Gasteiger partial charge on any atom is 0.442 e. The van der Waals surface area contributed by atoms with Gasteiger partial charge in [-0.05, 0) is 17.4 Å². The zero-order chi connectivity index (χ0) is 22.3. The molecule has 1 fully saturated rings. The second-order valence-electron chi connectivity index (χ2n) is 7.04. The summed E-state index contributed by atoms with van der Waals surface area (Å²) in [6.07, 6.45) is -0.851. The summed E-state index contributed by atoms with van der Waals surface area (Å²) in [7, 11) is 0. The highest BCUT2D eigenvalue weighted by Crippen LogP contribution is 2.60. The number of hydrogen-bond donors (Lipinski definition) is 0. The van der Waals surface area contributed by atoms with Gasteiger partial charge in [0.25, 0.3) is 0 Å². The van der Waals surface area contributed by atoms with Gasteiger partial charge in [-0.1, -0.05) is 13.8 Å². The summed E-state index contributed by atoms with van der Waals surface area (Å²) < 4.78 is 110. The van der Waals surface area contributed by atoms with Gasteiger partial charge in [-0.25, -0.2) is 22.0 Å². The normalized spacial score (nSPS) is 20.9. The Morgan fingerprint density at radius 3 is 2.03 bits per heavy atom. The van der Waals surface area contributed by atoms with Crippen molar-refractivity contribution in [3.8, 4) is 12.3 Å². The number of benzene rings is 1. The number of esters is 1. The van der Waals surface area contributed by atoms with Gasteiger partial charge in [0.1, 0.15) is 6.61 Å². The fourth-order valence-electron chi connectivity index (χ4n) is 3.03. The molecule has 0 N–H and O–H groups in total. The molecule has 0 heterocycles. The Morgan fingerprint density at radius 1 is 1.10 bits per heavy atom. The summed E-state index contributed by atoms with van der Waals surface area (Å²) in [5.41, 5.74) is -3.35. The van der Waals surface area contributed by atoms with E-state index in [1.54, 1.807) is 0 Å². The molecule has 1 aliphatic rings. The lowest BCUT2D eigenvalue weighted by Gasteiger charge is -2.11. The van der Waals surface area contributed by atoms with Crippen molar-refractivity contribution in [3.63, 3.8) is 0 Å². The van der Waals surface area contributed by atoms with Crippen LogP contribution in [0.5, 0.6) is 0 Å². The van der Waals surface area contributed by atoms with Crippen molar-refractivity contribution in [2.75, 3.05) is 0 Å². The van der Waals surface area contributed by atoms with Crippen LogP contribution in [-0.4, -0.2) is 12.1 Å². The summed E-state index contributed by atoms with van der Waals surface area (Å²) in [4.78, 5) is 12.1. The molecule has 0 spiro atoms. The van der Waals surface area contributed by atoms with Gasteiger partial charge < -0.3 is 4.74 Å². The molecule has 0 bridgehead atoms. The lowest BCUT2D eigenvalue weighted by Crippen LogP contribution is -2.15. The standard InChI is InChI=1S/C19H14F8O2/c1-4-5-8-13(21)15(23)9(16(24)14(8)22)7-29-17(28)12-10(18(12,2)3)6-11(20)19(25,26)27/h1,6,10,12H,5,7H2,2-3H3/t10-,12+/m0/s1. The van der Waals surface area contributed by atoms with Crippen molar-refractivity contribution in [2.24, 2.45) is 17.3 Å². The predicted molar refractivity (Wildman–Crippen MR) is 84.6 cm³/mol. The quantitative estimate of drug-likeness (QED) is 0.282. The molecule has 2 atom stereocenters. The molecule has 0 saturated heterocycles. The lowest BCUT2D eigenvalue weighted by atomic mass is 10.1. The molecule has 0 amide bonds. The van der Waals surface area contributed by atoms with Crippen LogP contribution in [0.15, 0.2) is 11.9 Å². The lowest BCUT2D eigenvalue weighted by molar-refractivity contribution is -0.147. The van der Waals surface area contributed by atoms with E-state index in [1.165, 1.54) is 13.8 Å². The van der Waals surface area contributed by atoms with Crippen molar-refractivity contribution in [1.29, 1.82) is 0 Å². The first-order chi connectivity index (χ1) is 13.2. The van der Waals surface area contributed by atoms with Gasteiger partial charge in [0, 0.05) is 12.0 Å². The van der Waals surface area contributed by atoms with Crippen molar-refractivity contribution >= 4 is 5.97 Å². The molecule has 1 aromatic rings. The van der Waals surface area contributed by atoms with Crippen LogP contribution in [0, 0.1) is 52.9 Å². The second-order valence-corrected chi connectivity index (χ2v) is 7.04. The number of terminal acetylenes is 1. The van der Waals surface area contributed by atoms with Crippen LogP contribution in [0.2, 0.25) is 0 Å². The van der Waals surface area contributed by atoms with Crippen molar-refractivity contribution in [3.05, 3.63) is 46.3 Å². The van der Waals surface area contributed by atoms with Crippen LogP contribution < -0.4 is 0 Å². The first kappa shape index (κ1) is 22.7. The van der Waals surface area contributed by atoms with E-state index >= 15 is 0 Å². The predicted octanol–water partition coefficient (Wildman–Crippen LogP) is 5.15. The molecule has 0 aliphatic heterocycles. The topological polar surface area (TPSA) is 26.3 Å². The maximum atomic E-state index is 14.0. The number of ether oxygens (including phenoxy) is 1. The van der Waals surface area contributed by atoms with E-state index in [9.17, 15) is 39.9 Å². The molecular formula is C19H14F8O2. The van der Waals surface area contributed by atoms with E-state index in [4.69, 9.17) is 6.42 Å². The van der Waals surface area contributed by atoms with E-state index in [0.717, 1.165) is 0 Å². The summed E-state index contributed by atoms with van der Waals surface area (Å²) >= 11 is 0. The Kier molecular flexibility index (Phi) is 6.02. The average Bonchev–Trinajstić information content (AvgIpc) is 3.16. The molecule has 2 nitrogen and oxygen atoms in total. The fourth-order valence-corrected chi connectivity index (χ4v) is 3.03. The Balaban J connectivity index is 2.19. The molecule has 29 heavy (non-hydrogen) atoms.